The zero-order valence-corrected chi connectivity index (χ0v) is 20.5. The summed E-state index contributed by atoms with van der Waals surface area (Å²) in [5.41, 5.74) is 8.55. The molecule has 0 amide bonds. The summed E-state index contributed by atoms with van der Waals surface area (Å²) in [5.74, 6) is 0.428. The first-order chi connectivity index (χ1) is 15.3. The molecule has 0 aliphatic heterocycles. The fourth-order valence-corrected chi connectivity index (χ4v) is 5.25. The number of ketones is 1. The van der Waals surface area contributed by atoms with Crippen LogP contribution in [0.4, 0.5) is 10.8 Å². The number of carbonyl (C=O) groups excluding carboxylic acids is 1. The van der Waals surface area contributed by atoms with Gasteiger partial charge < -0.3 is 9.88 Å². The van der Waals surface area contributed by atoms with Crippen molar-refractivity contribution in [1.29, 1.82) is 0 Å². The van der Waals surface area contributed by atoms with E-state index >= 15 is 0 Å². The Hall–Kier alpha value is -2.90. The molecule has 0 radical (unpaired) electrons. The largest absolute Gasteiger partial charge is 0.330 e. The molecule has 0 aliphatic carbocycles. The molecular formula is C25H26N4OS2. The summed E-state index contributed by atoms with van der Waals surface area (Å²) in [4.78, 5) is 13.0. The summed E-state index contributed by atoms with van der Waals surface area (Å²) in [5, 5.41) is 12.4. The Balaban J connectivity index is 1.44. The summed E-state index contributed by atoms with van der Waals surface area (Å²) in [6.45, 7) is 10.3. The number of carbonyl (C=O) groups is 1. The van der Waals surface area contributed by atoms with Crippen LogP contribution in [-0.2, 0) is 0 Å². The number of Topliss-reactive ketones (excluding diaryl/α,β-unsaturated/α-hetero) is 1. The van der Waals surface area contributed by atoms with Crippen LogP contribution in [0.1, 0.15) is 38.4 Å². The molecular weight excluding hydrogens is 436 g/mol. The monoisotopic (exact) mass is 462 g/mol. The number of nitrogens with one attached hydrogen (secondary N) is 1. The minimum absolute atomic E-state index is 0.0985. The van der Waals surface area contributed by atoms with Gasteiger partial charge in [-0.1, -0.05) is 46.9 Å². The maximum atomic E-state index is 13.0. The lowest BCUT2D eigenvalue weighted by atomic mass is 10.1. The van der Waals surface area contributed by atoms with E-state index in [1.807, 2.05) is 44.2 Å². The van der Waals surface area contributed by atoms with Crippen LogP contribution < -0.4 is 5.32 Å². The highest BCUT2D eigenvalue weighted by Gasteiger charge is 2.18. The molecule has 4 rings (SSSR count). The van der Waals surface area contributed by atoms with Crippen molar-refractivity contribution in [2.45, 2.75) is 39.0 Å². The minimum Gasteiger partial charge on any atom is -0.330 e. The number of thioether (sulfide) groups is 1. The Kier molecular flexibility index (Phi) is 6.48. The number of hydrogen-bond acceptors (Lipinski definition) is 6. The molecule has 2 aromatic heterocycles. The van der Waals surface area contributed by atoms with E-state index in [9.17, 15) is 4.79 Å². The molecule has 32 heavy (non-hydrogen) atoms. The molecule has 4 aromatic rings. The van der Waals surface area contributed by atoms with E-state index in [4.69, 9.17) is 0 Å². The summed E-state index contributed by atoms with van der Waals surface area (Å²) in [7, 11) is 0. The number of anilines is 2. The van der Waals surface area contributed by atoms with Gasteiger partial charge in [-0.3, -0.25) is 4.79 Å². The van der Waals surface area contributed by atoms with E-state index in [1.54, 1.807) is 0 Å². The first-order valence-electron chi connectivity index (χ1n) is 10.4. The van der Waals surface area contributed by atoms with Gasteiger partial charge in [0.25, 0.3) is 0 Å². The smallest absolute Gasteiger partial charge is 0.210 e. The van der Waals surface area contributed by atoms with Gasteiger partial charge in [-0.05, 0) is 76.1 Å². The second kappa shape index (κ2) is 9.30. The molecule has 0 atom stereocenters. The summed E-state index contributed by atoms with van der Waals surface area (Å²) < 4.78 is 2.93. The van der Waals surface area contributed by atoms with E-state index in [0.29, 0.717) is 5.75 Å². The van der Waals surface area contributed by atoms with Crippen molar-refractivity contribution in [1.82, 2.24) is 14.8 Å². The molecule has 7 heteroatoms. The van der Waals surface area contributed by atoms with E-state index in [1.165, 1.54) is 39.8 Å². The average Bonchev–Trinajstić information content (AvgIpc) is 3.33. The molecule has 1 N–H and O–H groups in total. The Morgan fingerprint density at radius 2 is 1.72 bits per heavy atom. The van der Waals surface area contributed by atoms with Crippen molar-refractivity contribution < 1.29 is 4.79 Å². The lowest BCUT2D eigenvalue weighted by molar-refractivity contribution is 0.102. The molecule has 0 saturated heterocycles. The first-order valence-corrected chi connectivity index (χ1v) is 12.2. The van der Waals surface area contributed by atoms with Gasteiger partial charge in [0.05, 0.1) is 5.75 Å². The summed E-state index contributed by atoms with van der Waals surface area (Å²) in [6, 6.07) is 16.5. The van der Waals surface area contributed by atoms with Gasteiger partial charge in [0.1, 0.15) is 0 Å². The summed E-state index contributed by atoms with van der Waals surface area (Å²) in [6.07, 6.45) is 0. The van der Waals surface area contributed by atoms with E-state index < -0.39 is 0 Å². The van der Waals surface area contributed by atoms with Crippen LogP contribution in [0.5, 0.6) is 0 Å². The lowest BCUT2D eigenvalue weighted by Gasteiger charge is -2.12. The zero-order valence-electron chi connectivity index (χ0n) is 18.9. The van der Waals surface area contributed by atoms with Crippen molar-refractivity contribution >= 4 is 39.7 Å². The molecule has 0 fully saturated rings. The predicted molar refractivity (Wildman–Crippen MR) is 134 cm³/mol. The molecule has 164 valence electrons. The third-order valence-electron chi connectivity index (χ3n) is 5.52. The normalized spacial score (nSPS) is 11.0. The number of rotatable bonds is 7. The van der Waals surface area contributed by atoms with Crippen LogP contribution in [0, 0.1) is 34.6 Å². The van der Waals surface area contributed by atoms with Gasteiger partial charge in [-0.2, -0.15) is 0 Å². The molecule has 5 nitrogen and oxygen atoms in total. The maximum absolute atomic E-state index is 13.0. The number of nitrogens with zero attached hydrogens (tertiary/aromatic N) is 3. The van der Waals surface area contributed by atoms with Gasteiger partial charge in [0, 0.05) is 28.3 Å². The SMILES string of the molecule is Cc1ccc(Nc2nnc(SCC(=O)c3cc(C)n(-c4ccc(C)c(C)c4)c3C)s2)cc1. The van der Waals surface area contributed by atoms with Gasteiger partial charge in [0.2, 0.25) is 5.13 Å². The van der Waals surface area contributed by atoms with Gasteiger partial charge in [-0.15, -0.1) is 10.2 Å². The minimum atomic E-state index is 0.0985. The van der Waals surface area contributed by atoms with Crippen LogP contribution >= 0.6 is 23.1 Å². The fourth-order valence-electron chi connectivity index (χ4n) is 3.59. The van der Waals surface area contributed by atoms with Gasteiger partial charge in [-0.25, -0.2) is 0 Å². The molecule has 2 heterocycles. The molecule has 0 spiro atoms. The number of hydrogen-bond donors (Lipinski definition) is 1. The average molecular weight is 463 g/mol. The molecule has 0 bridgehead atoms. The second-order valence-electron chi connectivity index (χ2n) is 7.96. The zero-order chi connectivity index (χ0) is 22.8. The molecule has 0 aliphatic rings. The standard InChI is InChI=1S/C25H26N4OS2/c1-15-6-9-20(10-7-15)26-24-27-28-25(32-24)31-14-23(30)22-13-18(4)29(19(22)5)21-11-8-16(2)17(3)12-21/h6-13H,14H2,1-5H3,(H,26,27). The summed E-state index contributed by atoms with van der Waals surface area (Å²) >= 11 is 2.88. The third kappa shape index (κ3) is 4.79. The van der Waals surface area contributed by atoms with Crippen LogP contribution in [-0.4, -0.2) is 26.3 Å². The van der Waals surface area contributed by atoms with E-state index in [0.717, 1.165) is 37.8 Å². The van der Waals surface area contributed by atoms with Crippen molar-refractivity contribution in [3.05, 3.63) is 82.2 Å². The van der Waals surface area contributed by atoms with Gasteiger partial charge >= 0.3 is 0 Å². The number of aromatic nitrogens is 3. The Morgan fingerprint density at radius 1 is 0.969 bits per heavy atom. The van der Waals surface area contributed by atoms with Crippen LogP contribution in [0.2, 0.25) is 0 Å². The fraction of sp³-hybridized carbons (Fsp3) is 0.240. The van der Waals surface area contributed by atoms with Gasteiger partial charge in [0.15, 0.2) is 10.1 Å². The van der Waals surface area contributed by atoms with Crippen LogP contribution in [0.25, 0.3) is 5.69 Å². The van der Waals surface area contributed by atoms with Crippen LogP contribution in [0.15, 0.2) is 52.9 Å². The van der Waals surface area contributed by atoms with Crippen molar-refractivity contribution in [2.24, 2.45) is 0 Å². The Morgan fingerprint density at radius 3 is 2.44 bits per heavy atom. The highest BCUT2D eigenvalue weighted by molar-refractivity contribution is 8.01. The molecule has 2 aromatic carbocycles. The Bertz CT molecular complexity index is 1270. The Labute approximate surface area is 196 Å². The van der Waals surface area contributed by atoms with Crippen molar-refractivity contribution in [3.8, 4) is 5.69 Å². The van der Waals surface area contributed by atoms with Crippen molar-refractivity contribution in [2.75, 3.05) is 11.1 Å². The second-order valence-corrected chi connectivity index (χ2v) is 10.2. The topological polar surface area (TPSA) is 59.8 Å². The van der Waals surface area contributed by atoms with Crippen molar-refractivity contribution in [3.63, 3.8) is 0 Å². The molecule has 0 unspecified atom stereocenters. The maximum Gasteiger partial charge on any atom is 0.210 e. The number of aryl methyl sites for hydroxylation is 4. The van der Waals surface area contributed by atoms with E-state index in [2.05, 4.69) is 59.1 Å². The predicted octanol–water partition coefficient (Wildman–Crippen LogP) is 6.59. The van der Waals surface area contributed by atoms with E-state index in [-0.39, 0.29) is 5.78 Å². The highest BCUT2D eigenvalue weighted by Crippen LogP contribution is 2.29. The van der Waals surface area contributed by atoms with Crippen LogP contribution in [0.3, 0.4) is 0 Å². The first kappa shape index (κ1) is 22.3. The highest BCUT2D eigenvalue weighted by atomic mass is 32.2. The quantitative estimate of drug-likeness (QED) is 0.248. The molecule has 0 saturated carbocycles. The third-order valence-corrected chi connectivity index (χ3v) is 7.49. The number of benzene rings is 2. The lowest BCUT2D eigenvalue weighted by Crippen LogP contribution is -2.05.